The zero-order valence-electron chi connectivity index (χ0n) is 11.3. The lowest BCUT2D eigenvalue weighted by molar-refractivity contribution is 0.400. The number of nitriles is 1. The van der Waals surface area contributed by atoms with Crippen molar-refractivity contribution in [2.75, 3.05) is 18.6 Å². The SMILES string of the molecule is CCC(C#N)(CCCSCC1CCCC1)NC. The Morgan fingerprint density at radius 2 is 2.12 bits per heavy atom. The molecule has 1 saturated carbocycles. The average Bonchev–Trinajstić information content (AvgIpc) is 2.88. The molecule has 1 rings (SSSR count). The van der Waals surface area contributed by atoms with Crippen molar-refractivity contribution >= 4 is 11.8 Å². The third kappa shape index (κ3) is 4.89. The highest BCUT2D eigenvalue weighted by atomic mass is 32.2. The van der Waals surface area contributed by atoms with Crippen molar-refractivity contribution in [3.63, 3.8) is 0 Å². The second-order valence-electron chi connectivity index (χ2n) is 5.13. The van der Waals surface area contributed by atoms with Gasteiger partial charge in [0.25, 0.3) is 0 Å². The first-order chi connectivity index (χ1) is 8.26. The highest BCUT2D eigenvalue weighted by Gasteiger charge is 2.24. The molecule has 1 fully saturated rings. The Balaban J connectivity index is 2.08. The number of nitrogens with zero attached hydrogens (tertiary/aromatic N) is 1. The van der Waals surface area contributed by atoms with E-state index in [0.29, 0.717) is 0 Å². The van der Waals surface area contributed by atoms with E-state index >= 15 is 0 Å². The van der Waals surface area contributed by atoms with Crippen molar-refractivity contribution in [2.45, 2.75) is 57.4 Å². The molecule has 0 heterocycles. The smallest absolute Gasteiger partial charge is 0.106 e. The van der Waals surface area contributed by atoms with Crippen LogP contribution in [0.5, 0.6) is 0 Å². The Labute approximate surface area is 111 Å². The summed E-state index contributed by atoms with van der Waals surface area (Å²) in [6.45, 7) is 2.09. The molecule has 0 amide bonds. The summed E-state index contributed by atoms with van der Waals surface area (Å²) < 4.78 is 0. The summed E-state index contributed by atoms with van der Waals surface area (Å²) in [7, 11) is 1.90. The molecule has 3 heteroatoms. The highest BCUT2D eigenvalue weighted by molar-refractivity contribution is 7.99. The predicted molar refractivity (Wildman–Crippen MR) is 76.2 cm³/mol. The van der Waals surface area contributed by atoms with Gasteiger partial charge in [0.05, 0.1) is 6.07 Å². The van der Waals surface area contributed by atoms with E-state index in [4.69, 9.17) is 0 Å². The Kier molecular flexibility index (Phi) is 6.99. The lowest BCUT2D eigenvalue weighted by Crippen LogP contribution is -2.40. The lowest BCUT2D eigenvalue weighted by Gasteiger charge is -2.24. The first kappa shape index (κ1) is 14.9. The van der Waals surface area contributed by atoms with Crippen molar-refractivity contribution < 1.29 is 0 Å². The van der Waals surface area contributed by atoms with Crippen LogP contribution in [0, 0.1) is 17.2 Å². The second kappa shape index (κ2) is 8.00. The van der Waals surface area contributed by atoms with Gasteiger partial charge in [-0.05, 0) is 56.6 Å². The normalized spacial score (nSPS) is 20.1. The van der Waals surface area contributed by atoms with Crippen LogP contribution in [-0.2, 0) is 0 Å². The Morgan fingerprint density at radius 3 is 2.65 bits per heavy atom. The average molecular weight is 254 g/mol. The molecule has 1 aliphatic carbocycles. The first-order valence-electron chi connectivity index (χ1n) is 6.94. The summed E-state index contributed by atoms with van der Waals surface area (Å²) in [5, 5.41) is 12.4. The maximum atomic E-state index is 9.19. The minimum absolute atomic E-state index is 0.284. The van der Waals surface area contributed by atoms with Gasteiger partial charge in [0.1, 0.15) is 5.54 Å². The fraction of sp³-hybridized carbons (Fsp3) is 0.929. The molecular weight excluding hydrogens is 228 g/mol. The molecule has 1 aliphatic rings. The van der Waals surface area contributed by atoms with Crippen LogP contribution in [0.2, 0.25) is 0 Å². The summed E-state index contributed by atoms with van der Waals surface area (Å²) in [5.41, 5.74) is -0.284. The van der Waals surface area contributed by atoms with Crippen molar-refractivity contribution in [2.24, 2.45) is 5.92 Å². The number of hydrogen-bond acceptors (Lipinski definition) is 3. The molecule has 0 bridgehead atoms. The molecule has 2 nitrogen and oxygen atoms in total. The van der Waals surface area contributed by atoms with Crippen LogP contribution < -0.4 is 5.32 Å². The Morgan fingerprint density at radius 1 is 1.41 bits per heavy atom. The number of thioether (sulfide) groups is 1. The van der Waals surface area contributed by atoms with Gasteiger partial charge in [-0.1, -0.05) is 19.8 Å². The molecule has 17 heavy (non-hydrogen) atoms. The summed E-state index contributed by atoms with van der Waals surface area (Å²) in [6, 6.07) is 2.43. The zero-order valence-corrected chi connectivity index (χ0v) is 12.1. The van der Waals surface area contributed by atoms with Crippen LogP contribution in [0.1, 0.15) is 51.9 Å². The molecule has 1 atom stereocenters. The second-order valence-corrected chi connectivity index (χ2v) is 6.28. The highest BCUT2D eigenvalue weighted by Crippen LogP contribution is 2.28. The zero-order chi connectivity index (χ0) is 12.6. The summed E-state index contributed by atoms with van der Waals surface area (Å²) in [6.07, 6.45) is 8.80. The van der Waals surface area contributed by atoms with E-state index in [1.165, 1.54) is 37.2 Å². The van der Waals surface area contributed by atoms with Crippen LogP contribution in [0.15, 0.2) is 0 Å². The topological polar surface area (TPSA) is 35.8 Å². The predicted octanol–water partition coefficient (Wildman–Crippen LogP) is 3.58. The maximum absolute atomic E-state index is 9.19. The van der Waals surface area contributed by atoms with Gasteiger partial charge >= 0.3 is 0 Å². The minimum Gasteiger partial charge on any atom is -0.302 e. The number of nitrogens with one attached hydrogen (secondary N) is 1. The first-order valence-corrected chi connectivity index (χ1v) is 8.09. The molecule has 1 unspecified atom stereocenters. The van der Waals surface area contributed by atoms with E-state index in [1.54, 1.807) is 0 Å². The molecule has 0 aliphatic heterocycles. The van der Waals surface area contributed by atoms with Gasteiger partial charge in [-0.25, -0.2) is 0 Å². The summed E-state index contributed by atoms with van der Waals surface area (Å²) >= 11 is 2.09. The summed E-state index contributed by atoms with van der Waals surface area (Å²) in [4.78, 5) is 0. The Hall–Kier alpha value is -0.200. The molecule has 0 aromatic carbocycles. The monoisotopic (exact) mass is 254 g/mol. The van der Waals surface area contributed by atoms with Gasteiger partial charge in [0, 0.05) is 0 Å². The fourth-order valence-electron chi connectivity index (χ4n) is 2.57. The van der Waals surface area contributed by atoms with E-state index in [0.717, 1.165) is 25.2 Å². The fourth-order valence-corrected chi connectivity index (χ4v) is 3.75. The van der Waals surface area contributed by atoms with E-state index in [1.807, 2.05) is 7.05 Å². The van der Waals surface area contributed by atoms with Gasteiger partial charge in [-0.15, -0.1) is 0 Å². The van der Waals surface area contributed by atoms with Crippen LogP contribution >= 0.6 is 11.8 Å². The molecular formula is C14H26N2S. The van der Waals surface area contributed by atoms with Gasteiger partial charge in [0.15, 0.2) is 0 Å². The molecule has 0 radical (unpaired) electrons. The number of hydrogen-bond donors (Lipinski definition) is 1. The van der Waals surface area contributed by atoms with Crippen molar-refractivity contribution in [1.29, 1.82) is 5.26 Å². The van der Waals surface area contributed by atoms with E-state index in [-0.39, 0.29) is 5.54 Å². The van der Waals surface area contributed by atoms with Crippen LogP contribution in [0.25, 0.3) is 0 Å². The number of rotatable bonds is 8. The van der Waals surface area contributed by atoms with Gasteiger partial charge < -0.3 is 5.32 Å². The van der Waals surface area contributed by atoms with Gasteiger partial charge in [-0.2, -0.15) is 17.0 Å². The quantitative estimate of drug-likeness (QED) is 0.673. The maximum Gasteiger partial charge on any atom is 0.106 e. The minimum atomic E-state index is -0.284. The molecule has 1 N–H and O–H groups in total. The van der Waals surface area contributed by atoms with Crippen molar-refractivity contribution in [3.05, 3.63) is 0 Å². The van der Waals surface area contributed by atoms with Crippen LogP contribution in [0.4, 0.5) is 0 Å². The van der Waals surface area contributed by atoms with E-state index < -0.39 is 0 Å². The van der Waals surface area contributed by atoms with Gasteiger partial charge in [-0.3, -0.25) is 0 Å². The molecule has 98 valence electrons. The van der Waals surface area contributed by atoms with Crippen LogP contribution in [0.3, 0.4) is 0 Å². The molecule has 0 saturated heterocycles. The molecule has 0 aromatic heterocycles. The van der Waals surface area contributed by atoms with E-state index in [2.05, 4.69) is 30.1 Å². The molecule has 0 aromatic rings. The lowest BCUT2D eigenvalue weighted by atomic mass is 9.93. The van der Waals surface area contributed by atoms with Gasteiger partial charge in [0.2, 0.25) is 0 Å². The standard InChI is InChI=1S/C14H26N2S/c1-3-14(12-15,16-2)9-6-10-17-11-13-7-4-5-8-13/h13,16H,3-11H2,1-2H3. The van der Waals surface area contributed by atoms with Crippen LogP contribution in [-0.4, -0.2) is 24.1 Å². The largest absolute Gasteiger partial charge is 0.302 e. The third-order valence-electron chi connectivity index (χ3n) is 4.02. The third-order valence-corrected chi connectivity index (χ3v) is 5.30. The van der Waals surface area contributed by atoms with Crippen molar-refractivity contribution in [1.82, 2.24) is 5.32 Å². The summed E-state index contributed by atoms with van der Waals surface area (Å²) in [5.74, 6) is 3.53. The van der Waals surface area contributed by atoms with E-state index in [9.17, 15) is 5.26 Å². The van der Waals surface area contributed by atoms with Crippen molar-refractivity contribution in [3.8, 4) is 6.07 Å². The molecule has 0 spiro atoms. The Bertz CT molecular complexity index is 237.